The summed E-state index contributed by atoms with van der Waals surface area (Å²) >= 11 is 1.71. The molecule has 204 valence electrons. The van der Waals surface area contributed by atoms with Crippen LogP contribution in [0.3, 0.4) is 0 Å². The highest BCUT2D eigenvalue weighted by Crippen LogP contribution is 2.39. The first kappa shape index (κ1) is 28.7. The first-order valence-electron chi connectivity index (χ1n) is 12.2. The highest BCUT2D eigenvalue weighted by atomic mass is 32.2. The molecule has 1 heterocycles. The highest BCUT2D eigenvalue weighted by Gasteiger charge is 2.44. The Morgan fingerprint density at radius 2 is 1.46 bits per heavy atom. The van der Waals surface area contributed by atoms with Crippen molar-refractivity contribution in [3.05, 3.63) is 118 Å². The molecule has 39 heavy (non-hydrogen) atoms. The molecule has 0 fully saturated rings. The second-order valence-corrected chi connectivity index (χ2v) is 11.3. The van der Waals surface area contributed by atoms with Crippen LogP contribution in [-0.4, -0.2) is 18.5 Å². The molecule has 1 N–H and O–H groups in total. The van der Waals surface area contributed by atoms with E-state index in [9.17, 15) is 17.6 Å². The normalized spacial score (nSPS) is 15.1. The zero-order valence-corrected chi connectivity index (χ0v) is 22.4. The maximum atomic E-state index is 14.1. The van der Waals surface area contributed by atoms with Crippen molar-refractivity contribution < 1.29 is 30.5 Å². The monoisotopic (exact) mass is 574 g/mol. The fraction of sp³-hybridized carbons (Fsp3) is 0.200. The number of rotatable bonds is 2. The third-order valence-corrected chi connectivity index (χ3v) is 7.85. The number of alkyl halides is 3. The van der Waals surface area contributed by atoms with Gasteiger partial charge in [0.1, 0.15) is 5.82 Å². The maximum Gasteiger partial charge on any atom is 0.522 e. The molecule has 9 heteroatoms. The van der Waals surface area contributed by atoms with Gasteiger partial charge in [-0.1, -0.05) is 78.9 Å². The third kappa shape index (κ3) is 7.03. The van der Waals surface area contributed by atoms with Gasteiger partial charge in [0.25, 0.3) is 0 Å². The number of hydrogen-bond acceptors (Lipinski definition) is 3. The number of fused-ring (bicyclic) bond motifs is 5. The van der Waals surface area contributed by atoms with Crippen LogP contribution in [0.15, 0.2) is 95.7 Å². The third-order valence-electron chi connectivity index (χ3n) is 6.64. The average molecular weight is 575 g/mol. The summed E-state index contributed by atoms with van der Waals surface area (Å²) in [5.41, 5.74) is -1.81. The summed E-state index contributed by atoms with van der Waals surface area (Å²) in [6.45, 7) is 0. The predicted octanol–water partition coefficient (Wildman–Crippen LogP) is 8.94. The Labute approximate surface area is 228 Å². The van der Waals surface area contributed by atoms with Gasteiger partial charge in [0.05, 0.1) is 0 Å². The summed E-state index contributed by atoms with van der Waals surface area (Å²) in [5, 5.41) is 9.41. The van der Waals surface area contributed by atoms with Crippen LogP contribution in [0.1, 0.15) is 35.4 Å². The van der Waals surface area contributed by atoms with E-state index in [0.717, 1.165) is 24.8 Å². The van der Waals surface area contributed by atoms with Crippen LogP contribution in [0.2, 0.25) is 0 Å². The van der Waals surface area contributed by atoms with Crippen molar-refractivity contribution >= 4 is 43.0 Å². The van der Waals surface area contributed by atoms with Crippen LogP contribution >= 0.6 is 11.3 Å². The molecule has 3 nitrogen and oxygen atoms in total. The fourth-order valence-corrected chi connectivity index (χ4v) is 5.33. The lowest BCUT2D eigenvalue weighted by atomic mass is 9.77. The van der Waals surface area contributed by atoms with Crippen molar-refractivity contribution in [3.63, 3.8) is 0 Å². The van der Waals surface area contributed by atoms with E-state index in [0.29, 0.717) is 5.92 Å². The quantitative estimate of drug-likeness (QED) is 0.0991. The molecule has 0 aliphatic heterocycles. The average Bonchev–Trinajstić information content (AvgIpc) is 3.50. The summed E-state index contributed by atoms with van der Waals surface area (Å²) in [6.07, 6.45) is 4.23. The second-order valence-electron chi connectivity index (χ2n) is 9.11. The molecule has 6 rings (SSSR count). The molecule has 5 aromatic rings. The Kier molecular flexibility index (Phi) is 9.04. The van der Waals surface area contributed by atoms with E-state index in [4.69, 9.17) is 13.0 Å². The number of hydrogen-bond donors (Lipinski definition) is 1. The van der Waals surface area contributed by atoms with Crippen molar-refractivity contribution in [1.82, 2.24) is 0 Å². The molecule has 1 aliphatic carbocycles. The number of thiophene rings is 1. The van der Waals surface area contributed by atoms with Crippen LogP contribution in [0.5, 0.6) is 0 Å². The zero-order chi connectivity index (χ0) is 28.0. The Morgan fingerprint density at radius 3 is 2.10 bits per heavy atom. The van der Waals surface area contributed by atoms with Gasteiger partial charge in [-0.05, 0) is 86.7 Å². The molecule has 0 saturated carbocycles. The van der Waals surface area contributed by atoms with E-state index < -0.39 is 15.6 Å². The van der Waals surface area contributed by atoms with E-state index in [-0.39, 0.29) is 5.82 Å². The van der Waals surface area contributed by atoms with Crippen molar-refractivity contribution in [2.45, 2.75) is 37.1 Å². The largest absolute Gasteiger partial charge is 0.522 e. The lowest BCUT2D eigenvalue weighted by Crippen LogP contribution is -2.21. The van der Waals surface area contributed by atoms with Gasteiger partial charge < -0.3 is 0 Å². The molecule has 0 radical (unpaired) electrons. The molecular weight excluding hydrogens is 548 g/mol. The van der Waals surface area contributed by atoms with Gasteiger partial charge in [0, 0.05) is 0 Å². The Balaban J connectivity index is 0.000000225. The van der Waals surface area contributed by atoms with E-state index in [1.807, 2.05) is 35.0 Å². The fourth-order valence-electron chi connectivity index (χ4n) is 4.88. The topological polar surface area (TPSA) is 54.4 Å². The Bertz CT molecular complexity index is 1630. The standard InChI is InChI=1S/C25H21F.C4H4S.CHF3O3S/c26-25-11-4-2-7-19(25)16-18-8-5-10-22-21(18)14-15-23-20-9-3-1-6-17(20)12-13-24(22)23;1-2-4-5-3-1;2-1(3,4)8(5,6)7/h1-4,6-7,9,11-15,18H,5,8,10,16H2;1-4H;(H,5,6,7). The molecule has 1 aliphatic rings. The SMILES string of the molecule is Fc1ccccc1CC1CCCc2c1ccc1c2ccc2ccccc21.O=S(=O)(O)C(F)(F)F.c1ccsc1. The maximum absolute atomic E-state index is 14.1. The summed E-state index contributed by atoms with van der Waals surface area (Å²) in [5.74, 6) is 0.331. The summed E-state index contributed by atoms with van der Waals surface area (Å²) in [6, 6.07) is 28.9. The summed E-state index contributed by atoms with van der Waals surface area (Å²) in [7, 11) is -5.84. The molecule has 1 atom stereocenters. The smallest absolute Gasteiger partial charge is 0.279 e. The van der Waals surface area contributed by atoms with Gasteiger partial charge in [-0.2, -0.15) is 32.9 Å². The van der Waals surface area contributed by atoms with E-state index >= 15 is 0 Å². The van der Waals surface area contributed by atoms with Crippen molar-refractivity contribution in [3.8, 4) is 0 Å². The van der Waals surface area contributed by atoms with Gasteiger partial charge in [0.15, 0.2) is 0 Å². The second kappa shape index (κ2) is 12.3. The van der Waals surface area contributed by atoms with Crippen LogP contribution in [0.25, 0.3) is 21.5 Å². The van der Waals surface area contributed by atoms with Gasteiger partial charge in [-0.3, -0.25) is 4.55 Å². The zero-order valence-electron chi connectivity index (χ0n) is 20.7. The molecular formula is C30H26F4O3S2. The Hall–Kier alpha value is -3.27. The van der Waals surface area contributed by atoms with Crippen molar-refractivity contribution in [1.29, 1.82) is 0 Å². The minimum atomic E-state index is -5.84. The van der Waals surface area contributed by atoms with E-state index in [1.54, 1.807) is 23.5 Å². The van der Waals surface area contributed by atoms with Gasteiger partial charge in [-0.25, -0.2) is 4.39 Å². The van der Waals surface area contributed by atoms with Crippen molar-refractivity contribution in [2.75, 3.05) is 0 Å². The van der Waals surface area contributed by atoms with Crippen LogP contribution in [-0.2, 0) is 23.0 Å². The minimum Gasteiger partial charge on any atom is -0.279 e. The van der Waals surface area contributed by atoms with E-state index in [1.165, 1.54) is 39.1 Å². The highest BCUT2D eigenvalue weighted by molar-refractivity contribution is 7.86. The molecule has 0 bridgehead atoms. The van der Waals surface area contributed by atoms with E-state index in [2.05, 4.69) is 48.5 Å². The lowest BCUT2D eigenvalue weighted by Gasteiger charge is -2.27. The molecule has 0 saturated heterocycles. The molecule has 0 spiro atoms. The van der Waals surface area contributed by atoms with Gasteiger partial charge in [0.2, 0.25) is 0 Å². The first-order valence-corrected chi connectivity index (χ1v) is 14.6. The Morgan fingerprint density at radius 1 is 0.821 bits per heavy atom. The molecule has 1 aromatic heterocycles. The van der Waals surface area contributed by atoms with Gasteiger partial charge >= 0.3 is 15.6 Å². The predicted molar refractivity (Wildman–Crippen MR) is 149 cm³/mol. The lowest BCUT2D eigenvalue weighted by molar-refractivity contribution is -0.0510. The number of halogens is 4. The summed E-state index contributed by atoms with van der Waals surface area (Å²) < 4.78 is 71.7. The number of benzene rings is 4. The van der Waals surface area contributed by atoms with Crippen LogP contribution in [0, 0.1) is 5.82 Å². The molecule has 0 amide bonds. The van der Waals surface area contributed by atoms with Gasteiger partial charge in [-0.15, -0.1) is 0 Å². The van der Waals surface area contributed by atoms with Crippen molar-refractivity contribution in [2.24, 2.45) is 0 Å². The molecule has 1 unspecified atom stereocenters. The van der Waals surface area contributed by atoms with Crippen LogP contribution < -0.4 is 0 Å². The van der Waals surface area contributed by atoms with Crippen LogP contribution in [0.4, 0.5) is 17.6 Å². The molecule has 4 aromatic carbocycles. The first-order chi connectivity index (χ1) is 18.6. The number of aryl methyl sites for hydroxylation is 1. The summed E-state index contributed by atoms with van der Waals surface area (Å²) in [4.78, 5) is 0. The minimum absolute atomic E-state index is 0.0774.